The summed E-state index contributed by atoms with van der Waals surface area (Å²) in [6.07, 6.45) is 1.59. The van der Waals surface area contributed by atoms with Crippen LogP contribution in [0.2, 0.25) is 0 Å². The van der Waals surface area contributed by atoms with Gasteiger partial charge in [-0.25, -0.2) is 0 Å². The zero-order valence-corrected chi connectivity index (χ0v) is 14.2. The molecule has 1 aliphatic heterocycles. The van der Waals surface area contributed by atoms with Crippen molar-refractivity contribution in [2.45, 2.75) is 26.4 Å². The van der Waals surface area contributed by atoms with Gasteiger partial charge < -0.3 is 20.2 Å². The van der Waals surface area contributed by atoms with Crippen LogP contribution in [-0.2, 0) is 11.2 Å². The average molecular weight is 339 g/mol. The topological polar surface area (TPSA) is 74.5 Å². The summed E-state index contributed by atoms with van der Waals surface area (Å²) in [4.78, 5) is 12.1. The fraction of sp³-hybridized carbons (Fsp3) is 0.471. The second kappa shape index (κ2) is 7.34. The van der Waals surface area contributed by atoms with Gasteiger partial charge in [-0.05, 0) is 25.0 Å². The number of furan rings is 1. The molecule has 1 amide bonds. The number of β-amino-alcohol motifs (C(OH)–C–C–N with tert-alkyl or cyclic N) is 1. The van der Waals surface area contributed by atoms with Crippen LogP contribution in [-0.4, -0.2) is 36.8 Å². The molecular weight excluding hydrogens is 316 g/mol. The van der Waals surface area contributed by atoms with Crippen LogP contribution in [0, 0.1) is 19.8 Å². The van der Waals surface area contributed by atoms with Crippen LogP contribution in [0.3, 0.4) is 0 Å². The summed E-state index contributed by atoms with van der Waals surface area (Å²) in [5, 5.41) is 16.7. The maximum atomic E-state index is 12.1. The third-order valence-electron chi connectivity index (χ3n) is 4.56. The van der Waals surface area contributed by atoms with Crippen LogP contribution in [0.25, 0.3) is 11.0 Å². The van der Waals surface area contributed by atoms with Crippen LogP contribution < -0.4 is 10.6 Å². The second-order valence-corrected chi connectivity index (χ2v) is 6.11. The summed E-state index contributed by atoms with van der Waals surface area (Å²) in [5.74, 6) is 0.0509. The molecule has 5 nitrogen and oxygen atoms in total. The summed E-state index contributed by atoms with van der Waals surface area (Å²) >= 11 is 0. The molecule has 3 N–H and O–H groups in total. The van der Waals surface area contributed by atoms with E-state index in [1.807, 2.05) is 19.9 Å². The third kappa shape index (κ3) is 3.68. The molecule has 1 aromatic carbocycles. The van der Waals surface area contributed by atoms with Crippen molar-refractivity contribution < 1.29 is 14.3 Å². The van der Waals surface area contributed by atoms with Crippen molar-refractivity contribution >= 4 is 29.3 Å². The molecule has 1 aliphatic rings. The molecule has 2 atom stereocenters. The Bertz CT molecular complexity index is 698. The molecule has 1 aromatic heterocycles. The normalized spacial score (nSPS) is 20.5. The highest BCUT2D eigenvalue weighted by Gasteiger charge is 2.25. The molecule has 2 unspecified atom stereocenters. The van der Waals surface area contributed by atoms with E-state index >= 15 is 0 Å². The van der Waals surface area contributed by atoms with Crippen LogP contribution in [0.15, 0.2) is 22.8 Å². The molecule has 0 radical (unpaired) electrons. The first-order chi connectivity index (χ1) is 10.6. The van der Waals surface area contributed by atoms with Gasteiger partial charge in [0.2, 0.25) is 5.91 Å². The lowest BCUT2D eigenvalue weighted by Crippen LogP contribution is -2.35. The quantitative estimate of drug-likeness (QED) is 0.793. The van der Waals surface area contributed by atoms with E-state index in [0.29, 0.717) is 19.5 Å². The van der Waals surface area contributed by atoms with Crippen LogP contribution in [0.1, 0.15) is 16.7 Å². The lowest BCUT2D eigenvalue weighted by Gasteiger charge is -2.13. The Hall–Kier alpha value is -1.56. The number of rotatable bonds is 4. The number of nitrogens with one attached hydrogen (secondary N) is 2. The largest absolute Gasteiger partial charge is 0.464 e. The minimum atomic E-state index is -0.374. The van der Waals surface area contributed by atoms with E-state index in [1.165, 1.54) is 5.56 Å². The van der Waals surface area contributed by atoms with E-state index in [0.717, 1.165) is 28.6 Å². The number of aryl methyl sites for hydroxylation is 2. The molecule has 23 heavy (non-hydrogen) atoms. The summed E-state index contributed by atoms with van der Waals surface area (Å²) < 4.78 is 5.63. The monoisotopic (exact) mass is 338 g/mol. The van der Waals surface area contributed by atoms with Gasteiger partial charge in [0.15, 0.2) is 0 Å². The average Bonchev–Trinajstić information content (AvgIpc) is 3.08. The van der Waals surface area contributed by atoms with Gasteiger partial charge >= 0.3 is 0 Å². The van der Waals surface area contributed by atoms with Crippen molar-refractivity contribution in [3.05, 3.63) is 35.1 Å². The number of benzene rings is 1. The highest BCUT2D eigenvalue weighted by atomic mass is 35.5. The first kappa shape index (κ1) is 17.8. The molecule has 126 valence electrons. The fourth-order valence-corrected chi connectivity index (χ4v) is 2.93. The van der Waals surface area contributed by atoms with Gasteiger partial charge in [0.05, 0.1) is 18.8 Å². The number of aliphatic hydroxyl groups excluding tert-OH is 1. The molecule has 0 saturated carbocycles. The zero-order valence-electron chi connectivity index (χ0n) is 13.4. The van der Waals surface area contributed by atoms with Gasteiger partial charge in [0, 0.05) is 36.5 Å². The van der Waals surface area contributed by atoms with Crippen molar-refractivity contribution in [2.24, 2.45) is 5.92 Å². The van der Waals surface area contributed by atoms with Gasteiger partial charge in [-0.15, -0.1) is 12.4 Å². The Morgan fingerprint density at radius 3 is 2.87 bits per heavy atom. The lowest BCUT2D eigenvalue weighted by molar-refractivity contribution is -0.120. The Morgan fingerprint density at radius 1 is 1.39 bits per heavy atom. The number of fused-ring (bicyclic) bond motifs is 1. The highest BCUT2D eigenvalue weighted by molar-refractivity contribution is 5.89. The van der Waals surface area contributed by atoms with Crippen LogP contribution >= 0.6 is 12.4 Å². The van der Waals surface area contributed by atoms with E-state index in [-0.39, 0.29) is 30.3 Å². The maximum Gasteiger partial charge on any atom is 0.224 e. The first-order valence-corrected chi connectivity index (χ1v) is 7.68. The van der Waals surface area contributed by atoms with E-state index in [2.05, 4.69) is 16.7 Å². The van der Waals surface area contributed by atoms with Gasteiger partial charge in [-0.2, -0.15) is 0 Å². The summed E-state index contributed by atoms with van der Waals surface area (Å²) in [7, 11) is 0. The SMILES string of the molecule is Cc1ccc2c(CC(=O)NCC3CNCC3O)coc2c1C.Cl. The van der Waals surface area contributed by atoms with E-state index in [4.69, 9.17) is 4.42 Å². The van der Waals surface area contributed by atoms with Gasteiger partial charge in [-0.1, -0.05) is 12.1 Å². The molecule has 1 fully saturated rings. The standard InChI is InChI=1S/C17H22N2O3.ClH/c1-10-3-4-14-12(9-22-17(14)11(10)2)5-16(21)19-7-13-6-18-8-15(13)20;/h3-4,9,13,15,18,20H,5-8H2,1-2H3,(H,19,21);1H. The molecule has 3 rings (SSSR count). The van der Waals surface area contributed by atoms with Crippen molar-refractivity contribution in [3.63, 3.8) is 0 Å². The first-order valence-electron chi connectivity index (χ1n) is 7.68. The van der Waals surface area contributed by atoms with Crippen molar-refractivity contribution in [2.75, 3.05) is 19.6 Å². The van der Waals surface area contributed by atoms with E-state index in [1.54, 1.807) is 6.26 Å². The minimum Gasteiger partial charge on any atom is -0.464 e. The number of carbonyl (C=O) groups excluding carboxylic acids is 1. The van der Waals surface area contributed by atoms with Crippen molar-refractivity contribution in [1.82, 2.24) is 10.6 Å². The molecule has 6 heteroatoms. The van der Waals surface area contributed by atoms with Crippen molar-refractivity contribution in [1.29, 1.82) is 0 Å². The Labute approximate surface area is 141 Å². The number of carbonyl (C=O) groups is 1. The molecule has 0 bridgehead atoms. The van der Waals surface area contributed by atoms with Crippen LogP contribution in [0.4, 0.5) is 0 Å². The Balaban J connectivity index is 0.00000192. The lowest BCUT2D eigenvalue weighted by atomic mass is 10.0. The predicted molar refractivity (Wildman–Crippen MR) is 92.0 cm³/mol. The van der Waals surface area contributed by atoms with Gasteiger partial charge in [0.1, 0.15) is 5.58 Å². The van der Waals surface area contributed by atoms with Gasteiger partial charge in [0.25, 0.3) is 0 Å². The van der Waals surface area contributed by atoms with Crippen molar-refractivity contribution in [3.8, 4) is 0 Å². The van der Waals surface area contributed by atoms with E-state index < -0.39 is 0 Å². The fourth-order valence-electron chi connectivity index (χ4n) is 2.93. The number of aliphatic hydroxyl groups is 1. The minimum absolute atomic E-state index is 0. The zero-order chi connectivity index (χ0) is 15.7. The molecule has 2 aromatic rings. The second-order valence-electron chi connectivity index (χ2n) is 6.11. The Kier molecular flexibility index (Phi) is 5.68. The smallest absolute Gasteiger partial charge is 0.224 e. The predicted octanol–water partition coefficient (Wildman–Crippen LogP) is 1.71. The molecular formula is C17H23ClN2O3. The van der Waals surface area contributed by atoms with Crippen LogP contribution in [0.5, 0.6) is 0 Å². The summed E-state index contributed by atoms with van der Waals surface area (Å²) in [6, 6.07) is 4.06. The highest BCUT2D eigenvalue weighted by Crippen LogP contribution is 2.26. The number of hydrogen-bond donors (Lipinski definition) is 3. The Morgan fingerprint density at radius 2 is 2.17 bits per heavy atom. The number of amides is 1. The van der Waals surface area contributed by atoms with E-state index in [9.17, 15) is 9.90 Å². The summed E-state index contributed by atoms with van der Waals surface area (Å²) in [6.45, 7) is 5.92. The molecule has 1 saturated heterocycles. The number of hydrogen-bond acceptors (Lipinski definition) is 4. The maximum absolute atomic E-state index is 12.1. The molecule has 2 heterocycles. The van der Waals surface area contributed by atoms with Gasteiger partial charge in [-0.3, -0.25) is 4.79 Å². The molecule has 0 aliphatic carbocycles. The summed E-state index contributed by atoms with van der Waals surface area (Å²) in [5.41, 5.74) is 4.06. The number of halogens is 1. The third-order valence-corrected chi connectivity index (χ3v) is 4.56. The molecule has 0 spiro atoms.